The van der Waals surface area contributed by atoms with Gasteiger partial charge in [0.15, 0.2) is 5.82 Å². The van der Waals surface area contributed by atoms with Crippen molar-refractivity contribution in [2.24, 2.45) is 0 Å². The smallest absolute Gasteiger partial charge is 0.252 e. The quantitative estimate of drug-likeness (QED) is 0.761. The molecule has 0 aliphatic carbocycles. The fraction of sp³-hybridized carbons (Fsp3) is 0.364. The minimum absolute atomic E-state index is 0.165. The number of rotatable bonds is 5. The first-order valence-corrected chi connectivity index (χ1v) is 5.74. The molecule has 0 aliphatic rings. The Bertz CT molecular complexity index is 579. The van der Waals surface area contributed by atoms with Crippen molar-refractivity contribution in [3.05, 3.63) is 45.4 Å². The summed E-state index contributed by atoms with van der Waals surface area (Å²) >= 11 is 5.92. The summed E-state index contributed by atoms with van der Waals surface area (Å²) in [5, 5.41) is 4.12. The zero-order valence-electron chi connectivity index (χ0n) is 9.80. The van der Waals surface area contributed by atoms with Gasteiger partial charge in [-0.15, -0.1) is 0 Å². The molecule has 0 saturated heterocycles. The number of aromatic nitrogens is 3. The van der Waals surface area contributed by atoms with Gasteiger partial charge < -0.3 is 9.26 Å². The molecule has 0 N–H and O–H groups in total. The van der Waals surface area contributed by atoms with Gasteiger partial charge in [-0.1, -0.05) is 22.8 Å². The molecule has 2 aromatic rings. The van der Waals surface area contributed by atoms with E-state index in [4.69, 9.17) is 20.9 Å². The van der Waals surface area contributed by atoms with Crippen LogP contribution in [0.4, 0.5) is 0 Å². The molecule has 96 valence electrons. The van der Waals surface area contributed by atoms with Crippen LogP contribution in [-0.2, 0) is 17.7 Å². The second-order valence-corrected chi connectivity index (χ2v) is 4.01. The maximum Gasteiger partial charge on any atom is 0.252 e. The third-order valence-electron chi connectivity index (χ3n) is 2.33. The Hall–Kier alpha value is -1.66. The molecule has 0 atom stereocenters. The normalized spacial score (nSPS) is 10.8. The van der Waals surface area contributed by atoms with Crippen molar-refractivity contribution in [1.82, 2.24) is 14.7 Å². The Balaban J connectivity index is 2.14. The highest BCUT2D eigenvalue weighted by atomic mass is 35.5. The maximum absolute atomic E-state index is 11.6. The van der Waals surface area contributed by atoms with Crippen molar-refractivity contribution in [2.75, 3.05) is 13.7 Å². The highest BCUT2D eigenvalue weighted by Crippen LogP contribution is 2.07. The lowest BCUT2D eigenvalue weighted by Gasteiger charge is -2.03. The molecule has 0 unspecified atom stereocenters. The van der Waals surface area contributed by atoms with Crippen LogP contribution >= 0.6 is 11.6 Å². The Morgan fingerprint density at radius 2 is 2.33 bits per heavy atom. The zero-order chi connectivity index (χ0) is 13.0. The summed E-state index contributed by atoms with van der Waals surface area (Å²) in [4.78, 5) is 15.7. The van der Waals surface area contributed by atoms with Gasteiger partial charge in [0, 0.05) is 19.6 Å². The van der Waals surface area contributed by atoms with Crippen LogP contribution in [0.5, 0.6) is 0 Å². The van der Waals surface area contributed by atoms with Crippen molar-refractivity contribution >= 4 is 11.6 Å². The maximum atomic E-state index is 11.6. The van der Waals surface area contributed by atoms with Gasteiger partial charge in [-0.2, -0.15) is 4.98 Å². The molecule has 0 aliphatic heterocycles. The minimum Gasteiger partial charge on any atom is -0.384 e. The minimum atomic E-state index is -0.209. The SMILES string of the molecule is COCCc1noc(Cn2c(Cl)cccc2=O)n1. The van der Waals surface area contributed by atoms with Gasteiger partial charge in [-0.25, -0.2) is 0 Å². The Kier molecular flexibility index (Phi) is 4.11. The second kappa shape index (κ2) is 5.79. The predicted octanol–water partition coefficient (Wildman–Crippen LogP) is 1.12. The van der Waals surface area contributed by atoms with Crippen molar-refractivity contribution in [3.8, 4) is 0 Å². The van der Waals surface area contributed by atoms with Crippen molar-refractivity contribution in [3.63, 3.8) is 0 Å². The van der Waals surface area contributed by atoms with E-state index in [9.17, 15) is 4.79 Å². The van der Waals surface area contributed by atoms with Gasteiger partial charge in [-0.3, -0.25) is 9.36 Å². The molecule has 2 rings (SSSR count). The molecular weight excluding hydrogens is 258 g/mol. The molecule has 7 heteroatoms. The number of methoxy groups -OCH3 is 1. The summed E-state index contributed by atoms with van der Waals surface area (Å²) in [6, 6.07) is 4.65. The van der Waals surface area contributed by atoms with Crippen molar-refractivity contribution < 1.29 is 9.26 Å². The Morgan fingerprint density at radius 1 is 1.50 bits per heavy atom. The van der Waals surface area contributed by atoms with E-state index in [2.05, 4.69) is 10.1 Å². The first-order chi connectivity index (χ1) is 8.70. The third kappa shape index (κ3) is 2.96. The van der Waals surface area contributed by atoms with Gasteiger partial charge in [0.05, 0.1) is 6.61 Å². The fourth-order valence-electron chi connectivity index (χ4n) is 1.43. The van der Waals surface area contributed by atoms with Crippen LogP contribution < -0.4 is 5.56 Å². The summed E-state index contributed by atoms with van der Waals surface area (Å²) in [7, 11) is 1.60. The molecule has 0 amide bonds. The van der Waals surface area contributed by atoms with E-state index < -0.39 is 0 Å². The standard InChI is InChI=1S/C11H12ClN3O3/c1-17-6-5-9-13-10(18-14-9)7-15-8(12)3-2-4-11(15)16/h2-4H,5-7H2,1H3. The number of halogens is 1. The molecule has 0 spiro atoms. The highest BCUT2D eigenvalue weighted by molar-refractivity contribution is 6.29. The van der Waals surface area contributed by atoms with Gasteiger partial charge >= 0.3 is 0 Å². The van der Waals surface area contributed by atoms with E-state index in [0.29, 0.717) is 29.9 Å². The summed E-state index contributed by atoms with van der Waals surface area (Å²) in [5.41, 5.74) is -0.209. The van der Waals surface area contributed by atoms with E-state index in [0.717, 1.165) is 0 Å². The van der Waals surface area contributed by atoms with E-state index in [1.165, 1.54) is 10.6 Å². The molecule has 0 aromatic carbocycles. The largest absolute Gasteiger partial charge is 0.384 e. The second-order valence-electron chi connectivity index (χ2n) is 3.62. The van der Waals surface area contributed by atoms with Crippen LogP contribution in [0.2, 0.25) is 5.15 Å². The predicted molar refractivity (Wildman–Crippen MR) is 64.7 cm³/mol. The van der Waals surface area contributed by atoms with Crippen molar-refractivity contribution in [1.29, 1.82) is 0 Å². The Morgan fingerprint density at radius 3 is 3.06 bits per heavy atom. The first kappa shape index (κ1) is 12.8. The average molecular weight is 270 g/mol. The first-order valence-electron chi connectivity index (χ1n) is 5.36. The lowest BCUT2D eigenvalue weighted by Crippen LogP contribution is -2.20. The molecular formula is C11H12ClN3O3. The van der Waals surface area contributed by atoms with Crippen LogP contribution in [0.1, 0.15) is 11.7 Å². The van der Waals surface area contributed by atoms with Gasteiger partial charge in [0.1, 0.15) is 11.7 Å². The van der Waals surface area contributed by atoms with E-state index in [1.807, 2.05) is 0 Å². The number of ether oxygens (including phenoxy) is 1. The molecule has 2 heterocycles. The Labute approximate surface area is 108 Å². The number of pyridine rings is 1. The van der Waals surface area contributed by atoms with Gasteiger partial charge in [0.25, 0.3) is 5.56 Å². The number of hydrogen-bond donors (Lipinski definition) is 0. The van der Waals surface area contributed by atoms with Crippen LogP contribution in [0.25, 0.3) is 0 Å². The van der Waals surface area contributed by atoms with Crippen LogP contribution in [-0.4, -0.2) is 28.4 Å². The topological polar surface area (TPSA) is 70.2 Å². The van der Waals surface area contributed by atoms with Crippen molar-refractivity contribution in [2.45, 2.75) is 13.0 Å². The molecule has 0 fully saturated rings. The van der Waals surface area contributed by atoms with E-state index in [-0.39, 0.29) is 12.1 Å². The lowest BCUT2D eigenvalue weighted by molar-refractivity contribution is 0.199. The van der Waals surface area contributed by atoms with E-state index in [1.54, 1.807) is 19.2 Å². The molecule has 0 radical (unpaired) electrons. The zero-order valence-corrected chi connectivity index (χ0v) is 10.6. The summed E-state index contributed by atoms with van der Waals surface area (Å²) in [6.07, 6.45) is 0.567. The number of nitrogens with zero attached hydrogens (tertiary/aromatic N) is 3. The molecule has 0 saturated carbocycles. The highest BCUT2D eigenvalue weighted by Gasteiger charge is 2.09. The van der Waals surface area contributed by atoms with Crippen LogP contribution in [0.15, 0.2) is 27.5 Å². The monoisotopic (exact) mass is 269 g/mol. The summed E-state index contributed by atoms with van der Waals surface area (Å²) < 4.78 is 11.3. The van der Waals surface area contributed by atoms with Crippen LogP contribution in [0, 0.1) is 0 Å². The fourth-order valence-corrected chi connectivity index (χ4v) is 1.65. The summed E-state index contributed by atoms with van der Waals surface area (Å²) in [5.74, 6) is 0.892. The van der Waals surface area contributed by atoms with Gasteiger partial charge in [-0.05, 0) is 6.07 Å². The average Bonchev–Trinajstić information content (AvgIpc) is 2.79. The number of hydrogen-bond acceptors (Lipinski definition) is 5. The molecule has 0 bridgehead atoms. The van der Waals surface area contributed by atoms with Crippen LogP contribution in [0.3, 0.4) is 0 Å². The third-order valence-corrected chi connectivity index (χ3v) is 2.66. The van der Waals surface area contributed by atoms with E-state index >= 15 is 0 Å². The molecule has 2 aromatic heterocycles. The van der Waals surface area contributed by atoms with Gasteiger partial charge in [0.2, 0.25) is 5.89 Å². The summed E-state index contributed by atoms with van der Waals surface area (Å²) in [6.45, 7) is 0.684. The molecule has 6 nitrogen and oxygen atoms in total. The molecule has 18 heavy (non-hydrogen) atoms. The lowest BCUT2D eigenvalue weighted by atomic mass is 10.4.